The van der Waals surface area contributed by atoms with E-state index in [1.807, 2.05) is 0 Å². The number of allylic oxidation sites excluding steroid dienone is 22. The second-order valence-electron chi connectivity index (χ2n) is 19.5. The molecule has 0 saturated heterocycles. The van der Waals surface area contributed by atoms with E-state index in [4.69, 9.17) is 14.2 Å². The van der Waals surface area contributed by atoms with Crippen molar-refractivity contribution in [2.24, 2.45) is 0 Å². The molecule has 0 aromatic rings. The van der Waals surface area contributed by atoms with Crippen molar-refractivity contribution in [1.82, 2.24) is 0 Å². The predicted molar refractivity (Wildman–Crippen MR) is 320 cm³/mol. The summed E-state index contributed by atoms with van der Waals surface area (Å²) in [6.07, 6.45) is 86.1. The van der Waals surface area contributed by atoms with Gasteiger partial charge in [0.15, 0.2) is 6.10 Å². The van der Waals surface area contributed by atoms with Crippen molar-refractivity contribution in [2.45, 2.75) is 264 Å². The maximum absolute atomic E-state index is 12.8. The first-order valence-corrected chi connectivity index (χ1v) is 30.2. The molecule has 0 aromatic heterocycles. The van der Waals surface area contributed by atoms with Crippen molar-refractivity contribution in [2.75, 3.05) is 13.2 Å². The van der Waals surface area contributed by atoms with E-state index in [9.17, 15) is 14.4 Å². The maximum atomic E-state index is 12.8. The molecule has 0 radical (unpaired) electrons. The van der Waals surface area contributed by atoms with E-state index in [1.165, 1.54) is 89.9 Å². The molecule has 6 heteroatoms. The van der Waals surface area contributed by atoms with E-state index in [-0.39, 0.29) is 37.5 Å². The van der Waals surface area contributed by atoms with Crippen molar-refractivity contribution in [3.63, 3.8) is 0 Å². The quantitative estimate of drug-likeness (QED) is 0.0261. The van der Waals surface area contributed by atoms with Crippen LogP contribution in [-0.4, -0.2) is 37.2 Å². The van der Waals surface area contributed by atoms with Gasteiger partial charge in [0.2, 0.25) is 0 Å². The molecule has 0 aliphatic carbocycles. The molecule has 0 aliphatic rings. The molecule has 0 bridgehead atoms. The molecule has 0 amide bonds. The first-order valence-electron chi connectivity index (χ1n) is 30.2. The van der Waals surface area contributed by atoms with E-state index in [2.05, 4.69) is 154 Å². The number of ether oxygens (including phenoxy) is 3. The zero-order valence-electron chi connectivity index (χ0n) is 47.8. The number of carbonyl (C=O) groups excluding carboxylic acids is 3. The average Bonchev–Trinajstić information content (AvgIpc) is 3.40. The number of hydrogen-bond donors (Lipinski definition) is 0. The Hall–Kier alpha value is -4.45. The summed E-state index contributed by atoms with van der Waals surface area (Å²) >= 11 is 0. The lowest BCUT2D eigenvalue weighted by molar-refractivity contribution is -0.167. The minimum absolute atomic E-state index is 0.0987. The molecule has 1 unspecified atom stereocenters. The third kappa shape index (κ3) is 58.4. The third-order valence-corrected chi connectivity index (χ3v) is 12.4. The van der Waals surface area contributed by atoms with Gasteiger partial charge < -0.3 is 14.2 Å². The number of unbranched alkanes of at least 4 members (excludes halogenated alkanes) is 20. The van der Waals surface area contributed by atoms with E-state index >= 15 is 0 Å². The van der Waals surface area contributed by atoms with Gasteiger partial charge in [0.05, 0.1) is 0 Å². The summed E-state index contributed by atoms with van der Waals surface area (Å²) in [5, 5.41) is 0. The van der Waals surface area contributed by atoms with Crippen LogP contribution in [0.15, 0.2) is 134 Å². The molecule has 0 aliphatic heterocycles. The molecular formula is C68H110O6. The van der Waals surface area contributed by atoms with Gasteiger partial charge in [0.1, 0.15) is 13.2 Å². The van der Waals surface area contributed by atoms with Gasteiger partial charge >= 0.3 is 17.9 Å². The number of rotatable bonds is 53. The monoisotopic (exact) mass is 1020 g/mol. The highest BCUT2D eigenvalue weighted by molar-refractivity contribution is 5.71. The van der Waals surface area contributed by atoms with E-state index in [0.29, 0.717) is 19.3 Å². The summed E-state index contributed by atoms with van der Waals surface area (Å²) in [5.74, 6) is -0.952. The van der Waals surface area contributed by atoms with Gasteiger partial charge in [-0.1, -0.05) is 257 Å². The summed E-state index contributed by atoms with van der Waals surface area (Å²) in [7, 11) is 0. The lowest BCUT2D eigenvalue weighted by Crippen LogP contribution is -2.30. The van der Waals surface area contributed by atoms with Crippen LogP contribution in [0, 0.1) is 0 Å². The molecule has 0 fully saturated rings. The fraction of sp³-hybridized carbons (Fsp3) is 0.632. The summed E-state index contributed by atoms with van der Waals surface area (Å²) < 4.78 is 16.8. The van der Waals surface area contributed by atoms with Crippen molar-refractivity contribution in [1.29, 1.82) is 0 Å². The Bertz CT molecular complexity index is 1600. The van der Waals surface area contributed by atoms with Crippen molar-refractivity contribution in [3.8, 4) is 0 Å². The second kappa shape index (κ2) is 61.1. The highest BCUT2D eigenvalue weighted by Crippen LogP contribution is 2.15. The first-order chi connectivity index (χ1) is 36.5. The van der Waals surface area contributed by atoms with Gasteiger partial charge in [-0.3, -0.25) is 14.4 Å². The van der Waals surface area contributed by atoms with Crippen LogP contribution in [0.5, 0.6) is 0 Å². The van der Waals surface area contributed by atoms with Crippen LogP contribution in [0.2, 0.25) is 0 Å². The van der Waals surface area contributed by atoms with Gasteiger partial charge in [-0.15, -0.1) is 0 Å². The topological polar surface area (TPSA) is 78.9 Å². The molecule has 0 saturated carbocycles. The lowest BCUT2D eigenvalue weighted by atomic mass is 10.0. The Morgan fingerprint density at radius 2 is 0.527 bits per heavy atom. The fourth-order valence-electron chi connectivity index (χ4n) is 7.94. The maximum Gasteiger partial charge on any atom is 0.306 e. The van der Waals surface area contributed by atoms with Crippen molar-refractivity contribution >= 4 is 17.9 Å². The van der Waals surface area contributed by atoms with Crippen LogP contribution < -0.4 is 0 Å². The van der Waals surface area contributed by atoms with Gasteiger partial charge in [0.25, 0.3) is 0 Å². The lowest BCUT2D eigenvalue weighted by Gasteiger charge is -2.18. The van der Waals surface area contributed by atoms with Crippen LogP contribution >= 0.6 is 0 Å². The standard InChI is InChI=1S/C68H110O6/c1-4-7-10-13-16-19-21-23-25-27-29-31-32-33-34-35-36-38-39-41-43-45-47-49-52-55-58-61-67(70)73-64-65(63-72-66(69)60-57-54-51-18-15-12-9-6-3)74-68(71)62-59-56-53-50-48-46-44-42-40-37-30-28-26-24-22-20-17-14-11-8-5-2/h7-8,10-11,16-17,19-20,23-26,29-31,33-34,37,42,44,48,50,65H,4-6,9,12-15,18,21-22,27-28,32,35-36,38-41,43,45-47,49,51-64H2,1-3H3/b10-7-,11-8-,19-16-,20-17-,25-23-,26-24-,31-29-,34-33-,37-30-,44-42-,50-48-. The smallest absolute Gasteiger partial charge is 0.306 e. The number of hydrogen-bond acceptors (Lipinski definition) is 6. The fourth-order valence-corrected chi connectivity index (χ4v) is 7.94. The Labute approximate surface area is 455 Å². The van der Waals surface area contributed by atoms with E-state index in [1.54, 1.807) is 0 Å². The van der Waals surface area contributed by atoms with E-state index < -0.39 is 6.10 Å². The molecule has 0 spiro atoms. The average molecular weight is 1020 g/mol. The molecule has 418 valence electrons. The molecule has 74 heavy (non-hydrogen) atoms. The van der Waals surface area contributed by atoms with E-state index in [0.717, 1.165) is 122 Å². The second-order valence-corrected chi connectivity index (χ2v) is 19.5. The van der Waals surface area contributed by atoms with Gasteiger partial charge in [-0.2, -0.15) is 0 Å². The van der Waals surface area contributed by atoms with Crippen LogP contribution in [0.1, 0.15) is 258 Å². The Morgan fingerprint density at radius 1 is 0.284 bits per heavy atom. The molecule has 0 aromatic carbocycles. The normalized spacial score (nSPS) is 13.1. The van der Waals surface area contributed by atoms with Crippen LogP contribution in [-0.2, 0) is 28.6 Å². The van der Waals surface area contributed by atoms with Crippen LogP contribution in [0.4, 0.5) is 0 Å². The van der Waals surface area contributed by atoms with Crippen molar-refractivity contribution < 1.29 is 28.6 Å². The predicted octanol–water partition coefficient (Wildman–Crippen LogP) is 20.6. The largest absolute Gasteiger partial charge is 0.462 e. The van der Waals surface area contributed by atoms with Gasteiger partial charge in [-0.25, -0.2) is 0 Å². The summed E-state index contributed by atoms with van der Waals surface area (Å²) in [4.78, 5) is 38.1. The summed E-state index contributed by atoms with van der Waals surface area (Å²) in [5.41, 5.74) is 0. The highest BCUT2D eigenvalue weighted by atomic mass is 16.6. The Balaban J connectivity index is 4.29. The van der Waals surface area contributed by atoms with Crippen LogP contribution in [0.25, 0.3) is 0 Å². The molecule has 1 atom stereocenters. The summed E-state index contributed by atoms with van der Waals surface area (Å²) in [6.45, 7) is 6.34. The molecule has 0 rings (SSSR count). The number of carbonyl (C=O) groups is 3. The zero-order valence-corrected chi connectivity index (χ0v) is 47.8. The van der Waals surface area contributed by atoms with Gasteiger partial charge in [-0.05, 0) is 116 Å². The summed E-state index contributed by atoms with van der Waals surface area (Å²) in [6, 6.07) is 0. The van der Waals surface area contributed by atoms with Gasteiger partial charge in [0, 0.05) is 19.3 Å². The van der Waals surface area contributed by atoms with Crippen LogP contribution in [0.3, 0.4) is 0 Å². The Morgan fingerprint density at radius 3 is 0.851 bits per heavy atom. The minimum atomic E-state index is -0.804. The SMILES string of the molecule is CC/C=C\C/C=C\C/C=C\C/C=C\C/C=C\C/C=C\CCCCC(=O)OC(COC(=O)CCCCCCCCCC)COC(=O)CCCCCCCCCCCCC/C=C\C/C=C\C/C=C\C/C=C\C/C=C\CC. The molecule has 6 nitrogen and oxygen atoms in total. The Kier molecular flexibility index (Phi) is 57.4. The molecule has 0 heterocycles. The molecule has 0 N–H and O–H groups in total. The first kappa shape index (κ1) is 69.5. The zero-order chi connectivity index (χ0) is 53.6. The third-order valence-electron chi connectivity index (χ3n) is 12.4. The van der Waals surface area contributed by atoms with Crippen molar-refractivity contribution in [3.05, 3.63) is 134 Å². The molecular weight excluding hydrogens is 913 g/mol. The number of esters is 3. The highest BCUT2D eigenvalue weighted by Gasteiger charge is 2.19. The minimum Gasteiger partial charge on any atom is -0.462 e.